The number of ether oxygens (including phenoxy) is 2. The molecule has 138 valence electrons. The average molecular weight is 396 g/mol. The Labute approximate surface area is 161 Å². The highest BCUT2D eigenvalue weighted by molar-refractivity contribution is 6.42. The van der Waals surface area contributed by atoms with Crippen LogP contribution in [-0.2, 0) is 19.1 Å². The maximum Gasteiger partial charge on any atom is 0.340 e. The molecular weight excluding hydrogens is 377 g/mol. The first-order chi connectivity index (χ1) is 12.2. The maximum absolute atomic E-state index is 13.0. The third kappa shape index (κ3) is 3.10. The molecule has 5 nitrogen and oxygen atoms in total. The molecule has 0 saturated carbocycles. The van der Waals surface area contributed by atoms with Gasteiger partial charge in [-0.15, -0.1) is 0 Å². The fourth-order valence-corrected chi connectivity index (χ4v) is 3.96. The SMILES string of the molecule is COC(=O)C1=C(N)OC2=C(C(=O)CC(C)(C)C2)[C@@H]1c1cccc(Cl)c1Cl. The van der Waals surface area contributed by atoms with Gasteiger partial charge in [-0.25, -0.2) is 4.79 Å². The van der Waals surface area contributed by atoms with Gasteiger partial charge in [0.25, 0.3) is 0 Å². The molecule has 1 atom stereocenters. The first-order valence-electron chi connectivity index (χ1n) is 8.12. The van der Waals surface area contributed by atoms with E-state index >= 15 is 0 Å². The number of benzene rings is 1. The van der Waals surface area contributed by atoms with Crippen LogP contribution in [0.25, 0.3) is 0 Å². The molecule has 7 heteroatoms. The standard InChI is InChI=1S/C19H19Cl2NO4/c1-19(2)7-11(23)14-12(8-19)26-17(22)15(18(24)25-3)13(14)9-5-4-6-10(20)16(9)21/h4-6,13H,7-8,22H2,1-3H3/t13-/m0/s1. The lowest BCUT2D eigenvalue weighted by molar-refractivity contribution is -0.136. The molecule has 0 amide bonds. The van der Waals surface area contributed by atoms with Crippen molar-refractivity contribution in [3.8, 4) is 0 Å². The van der Waals surface area contributed by atoms with Crippen LogP contribution >= 0.6 is 23.2 Å². The Balaban J connectivity index is 2.26. The summed E-state index contributed by atoms with van der Waals surface area (Å²) in [5, 5.41) is 0.587. The van der Waals surface area contributed by atoms with Crippen molar-refractivity contribution in [2.45, 2.75) is 32.6 Å². The van der Waals surface area contributed by atoms with E-state index in [9.17, 15) is 9.59 Å². The fraction of sp³-hybridized carbons (Fsp3) is 0.368. The maximum atomic E-state index is 13.0. The second-order valence-corrected chi connectivity index (χ2v) is 8.01. The van der Waals surface area contributed by atoms with E-state index in [-0.39, 0.29) is 27.7 Å². The Kier molecular flexibility index (Phi) is 4.80. The Morgan fingerprint density at radius 1 is 1.31 bits per heavy atom. The molecule has 0 radical (unpaired) electrons. The number of Topliss-reactive ketones (excluding diaryl/α,β-unsaturated/α-hetero) is 1. The van der Waals surface area contributed by atoms with Crippen molar-refractivity contribution in [2.24, 2.45) is 11.1 Å². The van der Waals surface area contributed by atoms with Crippen molar-refractivity contribution in [1.82, 2.24) is 0 Å². The van der Waals surface area contributed by atoms with Crippen molar-refractivity contribution in [3.63, 3.8) is 0 Å². The van der Waals surface area contributed by atoms with Crippen LogP contribution in [0.3, 0.4) is 0 Å². The summed E-state index contributed by atoms with van der Waals surface area (Å²) in [5.74, 6) is -1.17. The van der Waals surface area contributed by atoms with Gasteiger partial charge < -0.3 is 15.2 Å². The number of hydrogen-bond donors (Lipinski definition) is 1. The van der Waals surface area contributed by atoms with Gasteiger partial charge in [-0.2, -0.15) is 0 Å². The highest BCUT2D eigenvalue weighted by Gasteiger charge is 2.45. The summed E-state index contributed by atoms with van der Waals surface area (Å²) in [7, 11) is 1.24. The smallest absolute Gasteiger partial charge is 0.340 e. The van der Waals surface area contributed by atoms with Gasteiger partial charge in [0.15, 0.2) is 5.78 Å². The van der Waals surface area contributed by atoms with E-state index in [4.69, 9.17) is 38.4 Å². The summed E-state index contributed by atoms with van der Waals surface area (Å²) < 4.78 is 10.6. The quantitative estimate of drug-likeness (QED) is 0.762. The van der Waals surface area contributed by atoms with Crippen molar-refractivity contribution < 1.29 is 19.1 Å². The highest BCUT2D eigenvalue weighted by Crippen LogP contribution is 2.50. The predicted molar refractivity (Wildman–Crippen MR) is 98.6 cm³/mol. The van der Waals surface area contributed by atoms with E-state index in [1.54, 1.807) is 18.2 Å². The molecule has 1 aromatic carbocycles. The molecule has 1 aromatic rings. The second kappa shape index (κ2) is 6.63. The second-order valence-electron chi connectivity index (χ2n) is 7.23. The lowest BCUT2D eigenvalue weighted by Crippen LogP contribution is -2.35. The van der Waals surface area contributed by atoms with E-state index in [2.05, 4.69) is 0 Å². The van der Waals surface area contributed by atoms with Crippen LogP contribution in [0.15, 0.2) is 41.0 Å². The third-order valence-electron chi connectivity index (χ3n) is 4.65. The van der Waals surface area contributed by atoms with Crippen LogP contribution in [0.2, 0.25) is 10.0 Å². The van der Waals surface area contributed by atoms with Crippen molar-refractivity contribution in [1.29, 1.82) is 0 Å². The van der Waals surface area contributed by atoms with Gasteiger partial charge in [-0.1, -0.05) is 49.2 Å². The number of halogens is 2. The Morgan fingerprint density at radius 3 is 2.65 bits per heavy atom. The van der Waals surface area contributed by atoms with Gasteiger partial charge >= 0.3 is 5.97 Å². The van der Waals surface area contributed by atoms with Crippen LogP contribution in [0, 0.1) is 5.41 Å². The number of esters is 1. The van der Waals surface area contributed by atoms with Crippen LogP contribution in [0.5, 0.6) is 0 Å². The first-order valence-corrected chi connectivity index (χ1v) is 8.88. The summed E-state index contributed by atoms with van der Waals surface area (Å²) in [6.45, 7) is 3.96. The zero-order chi connectivity index (χ0) is 19.2. The zero-order valence-corrected chi connectivity index (χ0v) is 16.2. The topological polar surface area (TPSA) is 78.6 Å². The Bertz CT molecular complexity index is 870. The number of ketones is 1. The Morgan fingerprint density at radius 2 is 2.00 bits per heavy atom. The molecule has 0 saturated heterocycles. The van der Waals surface area contributed by atoms with Crippen LogP contribution < -0.4 is 5.73 Å². The van der Waals surface area contributed by atoms with Gasteiger partial charge in [0.05, 0.1) is 23.1 Å². The van der Waals surface area contributed by atoms with Gasteiger partial charge in [0.1, 0.15) is 11.3 Å². The minimum Gasteiger partial charge on any atom is -0.465 e. The number of rotatable bonds is 2. The zero-order valence-electron chi connectivity index (χ0n) is 14.7. The van der Waals surface area contributed by atoms with E-state index in [1.807, 2.05) is 13.8 Å². The van der Waals surface area contributed by atoms with E-state index < -0.39 is 11.9 Å². The normalized spacial score (nSPS) is 22.0. The predicted octanol–water partition coefficient (Wildman–Crippen LogP) is 4.09. The lowest BCUT2D eigenvalue weighted by Gasteiger charge is -2.38. The molecule has 0 aromatic heterocycles. The van der Waals surface area contributed by atoms with Crippen molar-refractivity contribution >= 4 is 35.0 Å². The molecule has 0 unspecified atom stereocenters. The third-order valence-corrected chi connectivity index (χ3v) is 5.49. The molecule has 0 fully saturated rings. The van der Waals surface area contributed by atoms with E-state index in [0.29, 0.717) is 34.8 Å². The molecule has 2 aliphatic rings. The van der Waals surface area contributed by atoms with Gasteiger partial charge in [0.2, 0.25) is 5.88 Å². The molecule has 1 aliphatic heterocycles. The summed E-state index contributed by atoms with van der Waals surface area (Å²) in [6.07, 6.45) is 0.857. The Hall–Kier alpha value is -1.98. The number of allylic oxidation sites excluding steroid dienone is 2. The van der Waals surface area contributed by atoms with Gasteiger partial charge in [-0.05, 0) is 17.0 Å². The molecule has 3 rings (SSSR count). The fourth-order valence-electron chi connectivity index (χ4n) is 3.55. The molecular formula is C19H19Cl2NO4. The van der Waals surface area contributed by atoms with Gasteiger partial charge in [0, 0.05) is 18.4 Å². The molecule has 26 heavy (non-hydrogen) atoms. The minimum absolute atomic E-state index is 0.0588. The van der Waals surface area contributed by atoms with Crippen molar-refractivity contribution in [2.75, 3.05) is 7.11 Å². The largest absolute Gasteiger partial charge is 0.465 e. The molecule has 2 N–H and O–H groups in total. The first kappa shape index (κ1) is 18.8. The van der Waals surface area contributed by atoms with Crippen molar-refractivity contribution in [3.05, 3.63) is 56.6 Å². The van der Waals surface area contributed by atoms with E-state index in [1.165, 1.54) is 7.11 Å². The molecule has 1 aliphatic carbocycles. The summed E-state index contributed by atoms with van der Waals surface area (Å²) >= 11 is 12.6. The lowest BCUT2D eigenvalue weighted by atomic mass is 9.70. The monoisotopic (exact) mass is 395 g/mol. The number of carbonyl (C=O) groups excluding carboxylic acids is 2. The van der Waals surface area contributed by atoms with Crippen LogP contribution in [-0.4, -0.2) is 18.9 Å². The van der Waals surface area contributed by atoms with E-state index in [0.717, 1.165) is 0 Å². The summed E-state index contributed by atoms with van der Waals surface area (Å²) in [6, 6.07) is 5.07. The highest BCUT2D eigenvalue weighted by atomic mass is 35.5. The average Bonchev–Trinajstić information content (AvgIpc) is 2.54. The molecule has 1 heterocycles. The number of methoxy groups -OCH3 is 1. The summed E-state index contributed by atoms with van der Waals surface area (Å²) in [5.41, 5.74) is 6.76. The number of nitrogens with two attached hydrogens (primary N) is 1. The number of hydrogen-bond acceptors (Lipinski definition) is 5. The van der Waals surface area contributed by atoms with Gasteiger partial charge in [-0.3, -0.25) is 4.79 Å². The molecule has 0 bridgehead atoms. The van der Waals surface area contributed by atoms with Crippen LogP contribution in [0.4, 0.5) is 0 Å². The van der Waals surface area contributed by atoms with Crippen LogP contribution in [0.1, 0.15) is 38.2 Å². The molecule has 0 spiro atoms. The summed E-state index contributed by atoms with van der Waals surface area (Å²) in [4.78, 5) is 25.4. The number of carbonyl (C=O) groups is 2. The minimum atomic E-state index is -0.777.